The third-order valence-corrected chi connectivity index (χ3v) is 4.03. The highest BCUT2D eigenvalue weighted by atomic mass is 79.9. The second-order valence-electron chi connectivity index (χ2n) is 3.68. The molecule has 0 aliphatic heterocycles. The summed E-state index contributed by atoms with van der Waals surface area (Å²) >= 11 is 10.7. The lowest BCUT2D eigenvalue weighted by molar-refractivity contribution is 0.102. The maximum absolute atomic E-state index is 12.0. The van der Waals surface area contributed by atoms with Gasteiger partial charge in [0.1, 0.15) is 0 Å². The Kier molecular flexibility index (Phi) is 4.87. The number of rotatable bonds is 4. The van der Waals surface area contributed by atoms with Crippen LogP contribution >= 0.6 is 39.3 Å². The highest BCUT2D eigenvalue weighted by Crippen LogP contribution is 2.23. The van der Waals surface area contributed by atoms with Crippen molar-refractivity contribution in [3.63, 3.8) is 0 Å². The summed E-state index contributed by atoms with van der Waals surface area (Å²) in [5, 5.41) is 0.690. The quantitative estimate of drug-likeness (QED) is 0.570. The van der Waals surface area contributed by atoms with Crippen LogP contribution in [0.5, 0.6) is 0 Å². The molecule has 0 radical (unpaired) electrons. The lowest BCUT2D eigenvalue weighted by atomic mass is 10.2. The van der Waals surface area contributed by atoms with Crippen molar-refractivity contribution in [1.82, 2.24) is 0 Å². The Labute approximate surface area is 124 Å². The zero-order chi connectivity index (χ0) is 13.0. The van der Waals surface area contributed by atoms with Crippen molar-refractivity contribution in [3.05, 3.63) is 63.6 Å². The molecule has 0 aromatic heterocycles. The van der Waals surface area contributed by atoms with E-state index in [9.17, 15) is 4.79 Å². The molecule has 0 amide bonds. The Morgan fingerprint density at radius 1 is 1.17 bits per heavy atom. The number of thioether (sulfide) groups is 1. The molecule has 0 bridgehead atoms. The van der Waals surface area contributed by atoms with E-state index in [1.165, 1.54) is 11.8 Å². The van der Waals surface area contributed by atoms with Crippen molar-refractivity contribution in [2.45, 2.75) is 4.90 Å². The van der Waals surface area contributed by atoms with E-state index < -0.39 is 0 Å². The van der Waals surface area contributed by atoms with Crippen LogP contribution in [0.1, 0.15) is 10.4 Å². The molecule has 4 heteroatoms. The average Bonchev–Trinajstić information content (AvgIpc) is 2.36. The number of carbonyl (C=O) groups is 1. The van der Waals surface area contributed by atoms with Crippen molar-refractivity contribution in [2.75, 3.05) is 5.75 Å². The van der Waals surface area contributed by atoms with Gasteiger partial charge in [0.05, 0.1) is 5.75 Å². The highest BCUT2D eigenvalue weighted by Gasteiger charge is 2.07. The first kappa shape index (κ1) is 13.7. The first-order chi connectivity index (χ1) is 8.65. The van der Waals surface area contributed by atoms with Gasteiger partial charge in [-0.05, 0) is 30.3 Å². The monoisotopic (exact) mass is 340 g/mol. The lowest BCUT2D eigenvalue weighted by Gasteiger charge is -2.02. The van der Waals surface area contributed by atoms with E-state index in [1.54, 1.807) is 0 Å². The molecule has 0 unspecified atom stereocenters. The molecule has 0 fully saturated rings. The zero-order valence-electron chi connectivity index (χ0n) is 9.40. The highest BCUT2D eigenvalue weighted by molar-refractivity contribution is 9.10. The fourth-order valence-electron chi connectivity index (χ4n) is 1.45. The van der Waals surface area contributed by atoms with Gasteiger partial charge in [-0.2, -0.15) is 0 Å². The van der Waals surface area contributed by atoms with E-state index in [-0.39, 0.29) is 5.78 Å². The summed E-state index contributed by atoms with van der Waals surface area (Å²) in [6, 6.07) is 14.9. The van der Waals surface area contributed by atoms with Crippen LogP contribution in [0.15, 0.2) is 57.9 Å². The minimum absolute atomic E-state index is 0.112. The van der Waals surface area contributed by atoms with Gasteiger partial charge in [0, 0.05) is 20.0 Å². The number of carbonyl (C=O) groups excluding carboxylic acids is 1. The Morgan fingerprint density at radius 3 is 2.67 bits per heavy atom. The third kappa shape index (κ3) is 3.87. The predicted molar refractivity (Wildman–Crippen MR) is 80.6 cm³/mol. The second kappa shape index (κ2) is 6.41. The maximum Gasteiger partial charge on any atom is 0.173 e. The molecule has 2 aromatic carbocycles. The molecule has 1 nitrogen and oxygen atoms in total. The van der Waals surface area contributed by atoms with Crippen LogP contribution in [0.4, 0.5) is 0 Å². The lowest BCUT2D eigenvalue weighted by Crippen LogP contribution is -2.01. The van der Waals surface area contributed by atoms with Crippen LogP contribution in [0, 0.1) is 0 Å². The molecule has 0 saturated carbocycles. The van der Waals surface area contributed by atoms with Gasteiger partial charge in [-0.1, -0.05) is 45.7 Å². The van der Waals surface area contributed by atoms with Crippen LogP contribution in [-0.2, 0) is 0 Å². The number of hydrogen-bond acceptors (Lipinski definition) is 2. The van der Waals surface area contributed by atoms with Gasteiger partial charge in [-0.25, -0.2) is 0 Å². The third-order valence-electron chi connectivity index (χ3n) is 2.31. The van der Waals surface area contributed by atoms with Crippen LogP contribution in [0.3, 0.4) is 0 Å². The number of halogens is 2. The van der Waals surface area contributed by atoms with Crippen molar-refractivity contribution >= 4 is 45.1 Å². The first-order valence-electron chi connectivity index (χ1n) is 5.32. The molecule has 0 saturated heterocycles. The minimum atomic E-state index is 0.112. The minimum Gasteiger partial charge on any atom is -0.293 e. The molecule has 0 atom stereocenters. The molecule has 0 heterocycles. The maximum atomic E-state index is 12.0. The van der Waals surface area contributed by atoms with E-state index in [4.69, 9.17) is 11.6 Å². The summed E-state index contributed by atoms with van der Waals surface area (Å²) in [7, 11) is 0. The molecular weight excluding hydrogens is 332 g/mol. The largest absolute Gasteiger partial charge is 0.293 e. The van der Waals surface area contributed by atoms with Gasteiger partial charge in [0.2, 0.25) is 0 Å². The standard InChI is InChI=1S/C14H10BrClOS/c15-11-4-1-3-10(7-11)14(17)9-18-13-6-2-5-12(16)8-13/h1-8H,9H2. The van der Waals surface area contributed by atoms with Gasteiger partial charge >= 0.3 is 0 Å². The Balaban J connectivity index is 2.00. The summed E-state index contributed by atoms with van der Waals surface area (Å²) in [6.45, 7) is 0. The molecule has 0 aliphatic carbocycles. The smallest absolute Gasteiger partial charge is 0.173 e. The molecule has 2 aromatic rings. The summed E-state index contributed by atoms with van der Waals surface area (Å²) in [5.74, 6) is 0.526. The van der Waals surface area contributed by atoms with E-state index in [1.807, 2.05) is 48.5 Å². The summed E-state index contributed by atoms with van der Waals surface area (Å²) in [5.41, 5.74) is 0.721. The van der Waals surface area contributed by atoms with E-state index in [2.05, 4.69) is 15.9 Å². The normalized spacial score (nSPS) is 10.3. The first-order valence-corrected chi connectivity index (χ1v) is 7.48. The molecule has 2 rings (SSSR count). The summed E-state index contributed by atoms with van der Waals surface area (Å²) < 4.78 is 0.918. The van der Waals surface area contributed by atoms with Crippen molar-refractivity contribution in [3.8, 4) is 0 Å². The van der Waals surface area contributed by atoms with Crippen molar-refractivity contribution < 1.29 is 4.79 Å². The fraction of sp³-hybridized carbons (Fsp3) is 0.0714. The Bertz CT molecular complexity index is 571. The summed E-state index contributed by atoms with van der Waals surface area (Å²) in [4.78, 5) is 13.0. The SMILES string of the molecule is O=C(CSc1cccc(Cl)c1)c1cccc(Br)c1. The van der Waals surface area contributed by atoms with Gasteiger partial charge < -0.3 is 0 Å². The topological polar surface area (TPSA) is 17.1 Å². The van der Waals surface area contributed by atoms with Gasteiger partial charge in [0.25, 0.3) is 0 Å². The van der Waals surface area contributed by atoms with E-state index in [0.29, 0.717) is 10.8 Å². The second-order valence-corrected chi connectivity index (χ2v) is 6.08. The fourth-order valence-corrected chi connectivity index (χ4v) is 2.95. The zero-order valence-corrected chi connectivity index (χ0v) is 12.6. The van der Waals surface area contributed by atoms with E-state index in [0.717, 1.165) is 14.9 Å². The molecular formula is C14H10BrClOS. The average molecular weight is 342 g/mol. The van der Waals surface area contributed by atoms with Crippen LogP contribution < -0.4 is 0 Å². The molecule has 92 valence electrons. The van der Waals surface area contributed by atoms with Crippen molar-refractivity contribution in [2.24, 2.45) is 0 Å². The Hall–Kier alpha value is -0.770. The number of ketones is 1. The van der Waals surface area contributed by atoms with Crippen LogP contribution in [0.2, 0.25) is 5.02 Å². The predicted octanol–water partition coefficient (Wildman–Crippen LogP) is 5.08. The molecule has 0 spiro atoms. The van der Waals surface area contributed by atoms with Gasteiger partial charge in [0.15, 0.2) is 5.78 Å². The van der Waals surface area contributed by atoms with Gasteiger partial charge in [-0.15, -0.1) is 11.8 Å². The Morgan fingerprint density at radius 2 is 1.94 bits per heavy atom. The molecule has 0 N–H and O–H groups in total. The number of hydrogen-bond donors (Lipinski definition) is 0. The number of benzene rings is 2. The van der Waals surface area contributed by atoms with Gasteiger partial charge in [-0.3, -0.25) is 4.79 Å². The van der Waals surface area contributed by atoms with Crippen molar-refractivity contribution in [1.29, 1.82) is 0 Å². The number of Topliss-reactive ketones (excluding diaryl/α,β-unsaturated/α-hetero) is 1. The van der Waals surface area contributed by atoms with Crippen LogP contribution in [0.25, 0.3) is 0 Å². The van der Waals surface area contributed by atoms with E-state index >= 15 is 0 Å². The van der Waals surface area contributed by atoms with Crippen LogP contribution in [-0.4, -0.2) is 11.5 Å². The molecule has 18 heavy (non-hydrogen) atoms. The molecule has 0 aliphatic rings. The summed E-state index contributed by atoms with van der Waals surface area (Å²) in [6.07, 6.45) is 0.